The Morgan fingerprint density at radius 3 is 2.50 bits per heavy atom. The molecule has 7 nitrogen and oxygen atoms in total. The van der Waals surface area contributed by atoms with E-state index in [1.54, 1.807) is 28.7 Å². The van der Waals surface area contributed by atoms with Crippen molar-refractivity contribution in [3.8, 4) is 28.7 Å². The Morgan fingerprint density at radius 2 is 1.85 bits per heavy atom. The third-order valence-electron chi connectivity index (χ3n) is 4.38. The molecule has 0 unspecified atom stereocenters. The molecule has 0 spiro atoms. The molecule has 0 aliphatic rings. The van der Waals surface area contributed by atoms with Crippen molar-refractivity contribution in [3.05, 3.63) is 54.1 Å². The van der Waals surface area contributed by atoms with Crippen LogP contribution in [0.2, 0.25) is 0 Å². The van der Waals surface area contributed by atoms with E-state index in [0.717, 1.165) is 33.7 Å². The Balaban J connectivity index is 1.82. The molecule has 0 N–H and O–H groups in total. The minimum Gasteiger partial charge on any atom is -0.494 e. The number of rotatable bonds is 2. The molecule has 4 heterocycles. The van der Waals surface area contributed by atoms with Crippen molar-refractivity contribution < 1.29 is 4.74 Å². The van der Waals surface area contributed by atoms with Crippen LogP contribution in [-0.2, 0) is 14.1 Å². The first-order chi connectivity index (χ1) is 12.6. The van der Waals surface area contributed by atoms with Crippen LogP contribution in [0.25, 0.3) is 16.6 Å². The Bertz CT molecular complexity index is 1170. The average Bonchev–Trinajstić information content (AvgIpc) is 3.33. The number of ether oxygens (including phenoxy) is 1. The maximum absolute atomic E-state index is 5.60. The third-order valence-corrected chi connectivity index (χ3v) is 4.38. The van der Waals surface area contributed by atoms with Gasteiger partial charge in [-0.1, -0.05) is 5.92 Å². The summed E-state index contributed by atoms with van der Waals surface area (Å²) in [7, 11) is 5.49. The molecule has 0 saturated carbocycles. The summed E-state index contributed by atoms with van der Waals surface area (Å²) >= 11 is 0. The Hall–Kier alpha value is -3.53. The van der Waals surface area contributed by atoms with Crippen molar-refractivity contribution in [1.82, 2.24) is 28.9 Å². The first-order valence-corrected chi connectivity index (χ1v) is 8.11. The van der Waals surface area contributed by atoms with Gasteiger partial charge in [-0.25, -0.2) is 9.50 Å². The van der Waals surface area contributed by atoms with E-state index in [2.05, 4.69) is 27.0 Å². The zero-order chi connectivity index (χ0) is 18.3. The standard InChI is InChI=1S/C19H18N6O/c1-13-20-10-17(24(13)3)6-5-14-8-22-25-12-15(7-18(26-4)19(14)25)16-9-21-23(2)11-16/h7-12H,1-4H3. The summed E-state index contributed by atoms with van der Waals surface area (Å²) in [6.45, 7) is 1.95. The monoisotopic (exact) mass is 346 g/mol. The van der Waals surface area contributed by atoms with Crippen LogP contribution in [-0.4, -0.2) is 36.1 Å². The predicted molar refractivity (Wildman–Crippen MR) is 97.9 cm³/mol. The van der Waals surface area contributed by atoms with Gasteiger partial charge >= 0.3 is 0 Å². The molecule has 0 aliphatic carbocycles. The molecule has 0 radical (unpaired) electrons. The third kappa shape index (κ3) is 2.62. The van der Waals surface area contributed by atoms with E-state index in [-0.39, 0.29) is 0 Å². The van der Waals surface area contributed by atoms with Crippen LogP contribution in [0.5, 0.6) is 5.75 Å². The highest BCUT2D eigenvalue weighted by Crippen LogP contribution is 2.29. The van der Waals surface area contributed by atoms with E-state index in [0.29, 0.717) is 5.75 Å². The van der Waals surface area contributed by atoms with Gasteiger partial charge in [-0.05, 0) is 18.9 Å². The van der Waals surface area contributed by atoms with Gasteiger partial charge in [-0.3, -0.25) is 4.68 Å². The number of aromatic nitrogens is 6. The van der Waals surface area contributed by atoms with Gasteiger partial charge in [0.15, 0.2) is 0 Å². The van der Waals surface area contributed by atoms with E-state index in [1.807, 2.05) is 50.2 Å². The van der Waals surface area contributed by atoms with E-state index >= 15 is 0 Å². The van der Waals surface area contributed by atoms with Crippen LogP contribution < -0.4 is 4.74 Å². The summed E-state index contributed by atoms with van der Waals surface area (Å²) in [5, 5.41) is 8.67. The molecule has 4 aromatic heterocycles. The highest BCUT2D eigenvalue weighted by Gasteiger charge is 2.12. The highest BCUT2D eigenvalue weighted by molar-refractivity contribution is 5.75. The van der Waals surface area contributed by atoms with Crippen molar-refractivity contribution in [2.45, 2.75) is 6.92 Å². The van der Waals surface area contributed by atoms with Crippen molar-refractivity contribution >= 4 is 5.52 Å². The summed E-state index contributed by atoms with van der Waals surface area (Å²) in [5.41, 5.74) is 4.48. The first-order valence-electron chi connectivity index (χ1n) is 8.11. The molecule has 0 atom stereocenters. The Morgan fingerprint density at radius 1 is 1.00 bits per heavy atom. The number of nitrogens with zero attached hydrogens (tertiary/aromatic N) is 6. The minimum atomic E-state index is 0.717. The first kappa shape index (κ1) is 16.0. The lowest BCUT2D eigenvalue weighted by Gasteiger charge is -2.06. The summed E-state index contributed by atoms with van der Waals surface area (Å²) in [6.07, 6.45) is 9.24. The number of aryl methyl sites for hydroxylation is 2. The molecule has 0 aliphatic heterocycles. The molecule has 4 rings (SSSR count). The smallest absolute Gasteiger partial charge is 0.146 e. The van der Waals surface area contributed by atoms with Gasteiger partial charge in [0.1, 0.15) is 22.8 Å². The topological polar surface area (TPSA) is 62.2 Å². The van der Waals surface area contributed by atoms with Gasteiger partial charge in [0.2, 0.25) is 0 Å². The fraction of sp³-hybridized carbons (Fsp3) is 0.211. The number of methoxy groups -OCH3 is 1. The van der Waals surface area contributed by atoms with Gasteiger partial charge in [0.05, 0.1) is 31.3 Å². The van der Waals surface area contributed by atoms with Gasteiger partial charge in [-0.2, -0.15) is 10.2 Å². The maximum atomic E-state index is 5.60. The molecule has 7 heteroatoms. The van der Waals surface area contributed by atoms with Gasteiger partial charge < -0.3 is 9.30 Å². The number of hydrogen-bond donors (Lipinski definition) is 0. The number of fused-ring (bicyclic) bond motifs is 1. The number of hydrogen-bond acceptors (Lipinski definition) is 4. The summed E-state index contributed by atoms with van der Waals surface area (Å²) in [6, 6.07) is 1.98. The van der Waals surface area contributed by atoms with Crippen LogP contribution >= 0.6 is 0 Å². The Labute approximate surface area is 150 Å². The predicted octanol–water partition coefficient (Wildman–Crippen LogP) is 2.19. The van der Waals surface area contributed by atoms with E-state index < -0.39 is 0 Å². The second kappa shape index (κ2) is 6.08. The summed E-state index contributed by atoms with van der Waals surface area (Å²) < 4.78 is 11.1. The molecule has 0 saturated heterocycles. The zero-order valence-corrected chi connectivity index (χ0v) is 15.1. The van der Waals surface area contributed by atoms with Crippen molar-refractivity contribution in [2.24, 2.45) is 14.1 Å². The molecule has 0 aromatic carbocycles. The molecule has 0 amide bonds. The highest BCUT2D eigenvalue weighted by atomic mass is 16.5. The van der Waals surface area contributed by atoms with Gasteiger partial charge in [0, 0.05) is 37.6 Å². The van der Waals surface area contributed by atoms with E-state index in [1.165, 1.54) is 0 Å². The van der Waals surface area contributed by atoms with Crippen LogP contribution in [0.3, 0.4) is 0 Å². The normalized spacial score (nSPS) is 10.8. The van der Waals surface area contributed by atoms with E-state index in [9.17, 15) is 0 Å². The second-order valence-corrected chi connectivity index (χ2v) is 6.05. The summed E-state index contributed by atoms with van der Waals surface area (Å²) in [4.78, 5) is 4.27. The van der Waals surface area contributed by atoms with E-state index in [4.69, 9.17) is 4.74 Å². The number of imidazole rings is 1. The number of pyridine rings is 1. The van der Waals surface area contributed by atoms with Crippen LogP contribution in [0.4, 0.5) is 0 Å². The van der Waals surface area contributed by atoms with Crippen molar-refractivity contribution in [2.75, 3.05) is 7.11 Å². The zero-order valence-electron chi connectivity index (χ0n) is 15.1. The molecular formula is C19H18N6O. The molecule has 130 valence electrons. The molecule has 4 aromatic rings. The summed E-state index contributed by atoms with van der Waals surface area (Å²) in [5.74, 6) is 7.98. The maximum Gasteiger partial charge on any atom is 0.146 e. The van der Waals surface area contributed by atoms with Crippen molar-refractivity contribution in [1.29, 1.82) is 0 Å². The molecule has 0 fully saturated rings. The Kier molecular flexibility index (Phi) is 3.73. The lowest BCUT2D eigenvalue weighted by molar-refractivity contribution is 0.417. The molecule has 26 heavy (non-hydrogen) atoms. The minimum absolute atomic E-state index is 0.717. The molecular weight excluding hydrogens is 328 g/mol. The largest absolute Gasteiger partial charge is 0.494 e. The van der Waals surface area contributed by atoms with Crippen LogP contribution in [0, 0.1) is 18.8 Å². The van der Waals surface area contributed by atoms with Gasteiger partial charge in [-0.15, -0.1) is 0 Å². The van der Waals surface area contributed by atoms with Crippen LogP contribution in [0.1, 0.15) is 17.1 Å². The lowest BCUT2D eigenvalue weighted by Crippen LogP contribution is -1.95. The lowest BCUT2D eigenvalue weighted by atomic mass is 10.1. The quantitative estimate of drug-likeness (QED) is 0.522. The fourth-order valence-corrected chi connectivity index (χ4v) is 2.81. The average molecular weight is 346 g/mol. The molecule has 0 bridgehead atoms. The van der Waals surface area contributed by atoms with Crippen molar-refractivity contribution in [3.63, 3.8) is 0 Å². The second-order valence-electron chi connectivity index (χ2n) is 6.05. The fourth-order valence-electron chi connectivity index (χ4n) is 2.81. The van der Waals surface area contributed by atoms with Gasteiger partial charge in [0.25, 0.3) is 0 Å². The SMILES string of the molecule is COc1cc(-c2cnn(C)c2)cn2ncc(C#Cc3cnc(C)n3C)c12. The van der Waals surface area contributed by atoms with Crippen LogP contribution in [0.15, 0.2) is 37.1 Å².